The second kappa shape index (κ2) is 8.06. The van der Waals surface area contributed by atoms with Crippen molar-refractivity contribution in [1.29, 1.82) is 0 Å². The molecule has 28 heavy (non-hydrogen) atoms. The van der Waals surface area contributed by atoms with Gasteiger partial charge in [-0.15, -0.1) is 0 Å². The molecule has 0 amide bonds. The van der Waals surface area contributed by atoms with Crippen molar-refractivity contribution in [2.75, 3.05) is 13.1 Å². The highest BCUT2D eigenvalue weighted by Gasteiger charge is 2.22. The second-order valence-electron chi connectivity index (χ2n) is 7.53. The van der Waals surface area contributed by atoms with Crippen molar-refractivity contribution in [3.63, 3.8) is 0 Å². The standard InChI is InChI=1S/C21H25N5O2/c1-15-19(16(2)28-24-15)13-25-8-5-17(6-9-25)12-26-14-23-20(10-21(26)27)18-4-3-7-22-11-18/h3-4,7,10-11,14,17H,5-6,8-9,12-13H2,1-2H3. The Morgan fingerprint density at radius 2 is 2.07 bits per heavy atom. The Morgan fingerprint density at radius 1 is 1.25 bits per heavy atom. The second-order valence-corrected chi connectivity index (χ2v) is 7.53. The molecule has 0 atom stereocenters. The Balaban J connectivity index is 1.35. The van der Waals surface area contributed by atoms with Crippen LogP contribution in [0.3, 0.4) is 0 Å². The number of pyridine rings is 1. The minimum Gasteiger partial charge on any atom is -0.361 e. The van der Waals surface area contributed by atoms with Crippen molar-refractivity contribution in [2.24, 2.45) is 5.92 Å². The molecule has 4 heterocycles. The fraction of sp³-hybridized carbons (Fsp3) is 0.429. The van der Waals surface area contributed by atoms with Gasteiger partial charge in [0, 0.05) is 42.7 Å². The van der Waals surface area contributed by atoms with E-state index in [0.29, 0.717) is 11.6 Å². The highest BCUT2D eigenvalue weighted by atomic mass is 16.5. The number of rotatable bonds is 5. The lowest BCUT2D eigenvalue weighted by atomic mass is 9.96. The summed E-state index contributed by atoms with van der Waals surface area (Å²) in [5, 5.41) is 4.04. The van der Waals surface area contributed by atoms with Crippen molar-refractivity contribution >= 4 is 0 Å². The molecule has 3 aromatic rings. The van der Waals surface area contributed by atoms with Crippen LogP contribution in [-0.4, -0.2) is 37.7 Å². The van der Waals surface area contributed by atoms with Gasteiger partial charge in [0.1, 0.15) is 5.76 Å². The number of hydrogen-bond acceptors (Lipinski definition) is 6. The fourth-order valence-corrected chi connectivity index (χ4v) is 3.79. The average molecular weight is 379 g/mol. The Bertz CT molecular complexity index is 968. The summed E-state index contributed by atoms with van der Waals surface area (Å²) >= 11 is 0. The summed E-state index contributed by atoms with van der Waals surface area (Å²) in [7, 11) is 0. The van der Waals surface area contributed by atoms with E-state index in [-0.39, 0.29) is 5.56 Å². The number of likely N-dealkylation sites (tertiary alicyclic amines) is 1. The molecule has 0 radical (unpaired) electrons. The molecule has 0 unspecified atom stereocenters. The number of hydrogen-bond donors (Lipinski definition) is 0. The third-order valence-electron chi connectivity index (χ3n) is 5.56. The van der Waals surface area contributed by atoms with E-state index in [1.807, 2.05) is 26.0 Å². The van der Waals surface area contributed by atoms with E-state index in [1.54, 1.807) is 29.4 Å². The minimum atomic E-state index is -0.00740. The molecule has 1 aliphatic rings. The van der Waals surface area contributed by atoms with Gasteiger partial charge in [0.05, 0.1) is 17.7 Å². The minimum absolute atomic E-state index is 0.00740. The summed E-state index contributed by atoms with van der Waals surface area (Å²) in [6.07, 6.45) is 7.24. The van der Waals surface area contributed by atoms with Crippen LogP contribution in [0.2, 0.25) is 0 Å². The maximum Gasteiger partial charge on any atom is 0.253 e. The first kappa shape index (κ1) is 18.6. The van der Waals surface area contributed by atoms with Crippen LogP contribution in [-0.2, 0) is 13.1 Å². The van der Waals surface area contributed by atoms with Gasteiger partial charge in [0.2, 0.25) is 0 Å². The van der Waals surface area contributed by atoms with Crippen molar-refractivity contribution in [1.82, 2.24) is 24.6 Å². The maximum absolute atomic E-state index is 12.5. The molecule has 1 fully saturated rings. The van der Waals surface area contributed by atoms with Gasteiger partial charge in [0.25, 0.3) is 5.56 Å². The molecular formula is C21H25N5O2. The summed E-state index contributed by atoms with van der Waals surface area (Å²) < 4.78 is 7.00. The highest BCUT2D eigenvalue weighted by Crippen LogP contribution is 2.22. The molecule has 7 nitrogen and oxygen atoms in total. The molecule has 0 spiro atoms. The van der Waals surface area contributed by atoms with Crippen LogP contribution < -0.4 is 5.56 Å². The van der Waals surface area contributed by atoms with Crippen LogP contribution in [0.1, 0.15) is 29.9 Å². The summed E-state index contributed by atoms with van der Waals surface area (Å²) in [4.78, 5) is 23.5. The SMILES string of the molecule is Cc1noc(C)c1CN1CCC(Cn2cnc(-c3cccnc3)cc2=O)CC1. The molecule has 0 bridgehead atoms. The normalized spacial score (nSPS) is 15.8. The zero-order chi connectivity index (χ0) is 19.5. The first-order valence-corrected chi connectivity index (χ1v) is 9.71. The predicted molar refractivity (Wildman–Crippen MR) is 106 cm³/mol. The predicted octanol–water partition coefficient (Wildman–Crippen LogP) is 2.82. The van der Waals surface area contributed by atoms with E-state index < -0.39 is 0 Å². The summed E-state index contributed by atoms with van der Waals surface area (Å²) in [5.41, 5.74) is 3.70. The Kier molecular flexibility index (Phi) is 5.34. The summed E-state index contributed by atoms with van der Waals surface area (Å²) in [6, 6.07) is 5.36. The number of nitrogens with zero attached hydrogens (tertiary/aromatic N) is 5. The van der Waals surface area contributed by atoms with E-state index in [4.69, 9.17) is 4.52 Å². The van der Waals surface area contributed by atoms with Crippen LogP contribution in [0.5, 0.6) is 0 Å². The van der Waals surface area contributed by atoms with E-state index in [0.717, 1.165) is 56.0 Å². The van der Waals surface area contributed by atoms with E-state index >= 15 is 0 Å². The number of piperidine rings is 1. The van der Waals surface area contributed by atoms with Gasteiger partial charge in [-0.25, -0.2) is 4.98 Å². The van der Waals surface area contributed by atoms with Gasteiger partial charge in [-0.1, -0.05) is 5.16 Å². The van der Waals surface area contributed by atoms with Crippen molar-refractivity contribution in [3.8, 4) is 11.3 Å². The van der Waals surface area contributed by atoms with Crippen LogP contribution >= 0.6 is 0 Å². The van der Waals surface area contributed by atoms with Gasteiger partial charge in [0.15, 0.2) is 0 Å². The first-order valence-electron chi connectivity index (χ1n) is 9.71. The smallest absolute Gasteiger partial charge is 0.253 e. The van der Waals surface area contributed by atoms with E-state index in [9.17, 15) is 4.79 Å². The molecule has 3 aromatic heterocycles. The van der Waals surface area contributed by atoms with E-state index in [2.05, 4.69) is 20.0 Å². The quantitative estimate of drug-likeness (QED) is 0.678. The van der Waals surface area contributed by atoms with Crippen molar-refractivity contribution in [2.45, 2.75) is 39.8 Å². The lowest BCUT2D eigenvalue weighted by Gasteiger charge is -2.32. The summed E-state index contributed by atoms with van der Waals surface area (Å²) in [6.45, 7) is 7.60. The zero-order valence-corrected chi connectivity index (χ0v) is 16.3. The van der Waals surface area contributed by atoms with Gasteiger partial charge in [-0.05, 0) is 57.8 Å². The van der Waals surface area contributed by atoms with Gasteiger partial charge in [-0.2, -0.15) is 0 Å². The van der Waals surface area contributed by atoms with Crippen LogP contribution in [0.25, 0.3) is 11.3 Å². The van der Waals surface area contributed by atoms with Crippen molar-refractivity contribution in [3.05, 3.63) is 64.3 Å². The Morgan fingerprint density at radius 3 is 2.71 bits per heavy atom. The Labute approximate surface area is 164 Å². The molecule has 146 valence electrons. The largest absolute Gasteiger partial charge is 0.361 e. The van der Waals surface area contributed by atoms with Crippen LogP contribution in [0.4, 0.5) is 0 Å². The molecular weight excluding hydrogens is 354 g/mol. The number of aryl methyl sites for hydroxylation is 2. The lowest BCUT2D eigenvalue weighted by molar-refractivity contribution is 0.165. The van der Waals surface area contributed by atoms with Gasteiger partial charge in [-0.3, -0.25) is 19.2 Å². The van der Waals surface area contributed by atoms with Crippen molar-refractivity contribution < 1.29 is 4.52 Å². The molecule has 0 saturated carbocycles. The van der Waals surface area contributed by atoms with E-state index in [1.165, 1.54) is 5.56 Å². The topological polar surface area (TPSA) is 77.1 Å². The van der Waals surface area contributed by atoms with Gasteiger partial charge >= 0.3 is 0 Å². The highest BCUT2D eigenvalue weighted by molar-refractivity contribution is 5.56. The maximum atomic E-state index is 12.5. The molecule has 0 aromatic carbocycles. The molecule has 1 aliphatic heterocycles. The third-order valence-corrected chi connectivity index (χ3v) is 5.56. The van der Waals surface area contributed by atoms with Crippen LogP contribution in [0.15, 0.2) is 46.2 Å². The third kappa shape index (κ3) is 4.04. The molecule has 0 N–H and O–H groups in total. The first-order chi connectivity index (χ1) is 13.6. The molecule has 0 aliphatic carbocycles. The van der Waals surface area contributed by atoms with Gasteiger partial charge < -0.3 is 4.52 Å². The molecule has 7 heteroatoms. The molecule has 1 saturated heterocycles. The summed E-state index contributed by atoms with van der Waals surface area (Å²) in [5.74, 6) is 1.40. The average Bonchev–Trinajstić information content (AvgIpc) is 3.03. The fourth-order valence-electron chi connectivity index (χ4n) is 3.79. The Hall–Kier alpha value is -2.80. The van der Waals surface area contributed by atoms with Crippen LogP contribution in [0, 0.1) is 19.8 Å². The monoisotopic (exact) mass is 379 g/mol. The zero-order valence-electron chi connectivity index (χ0n) is 16.3. The number of aromatic nitrogens is 4. The molecule has 4 rings (SSSR count). The lowest BCUT2D eigenvalue weighted by Crippen LogP contribution is -2.36.